The number of amides is 1. The molecule has 2 N–H and O–H groups in total. The highest BCUT2D eigenvalue weighted by atomic mass is 16.2. The first-order valence-electron chi connectivity index (χ1n) is 7.18. The average molecular weight is 295 g/mol. The number of primary amides is 1. The lowest BCUT2D eigenvalue weighted by Crippen LogP contribution is -2.24. The zero-order chi connectivity index (χ0) is 15.7. The van der Waals surface area contributed by atoms with Gasteiger partial charge >= 0.3 is 5.69 Å². The molecule has 22 heavy (non-hydrogen) atoms. The predicted molar refractivity (Wildman–Crippen MR) is 85.9 cm³/mol. The van der Waals surface area contributed by atoms with Gasteiger partial charge in [-0.05, 0) is 36.8 Å². The molecular weight excluding hydrogens is 278 g/mol. The number of carbonyl (C=O) groups is 1. The molecule has 1 amide bonds. The Hall–Kier alpha value is -2.82. The van der Waals surface area contributed by atoms with Crippen molar-refractivity contribution in [3.63, 3.8) is 0 Å². The summed E-state index contributed by atoms with van der Waals surface area (Å²) in [5.41, 5.74) is 8.47. The van der Waals surface area contributed by atoms with E-state index in [0.29, 0.717) is 18.7 Å². The van der Waals surface area contributed by atoms with Crippen molar-refractivity contribution < 1.29 is 4.79 Å². The first kappa shape index (κ1) is 14.1. The molecule has 5 nitrogen and oxygen atoms in total. The van der Waals surface area contributed by atoms with Crippen molar-refractivity contribution in [1.82, 2.24) is 9.13 Å². The highest BCUT2D eigenvalue weighted by Crippen LogP contribution is 2.14. The van der Waals surface area contributed by atoms with Crippen LogP contribution in [0.5, 0.6) is 0 Å². The molecule has 3 rings (SSSR count). The molecule has 0 aliphatic carbocycles. The molecule has 0 saturated carbocycles. The maximum absolute atomic E-state index is 12.6. The van der Waals surface area contributed by atoms with E-state index in [1.165, 1.54) is 0 Å². The van der Waals surface area contributed by atoms with E-state index >= 15 is 0 Å². The van der Waals surface area contributed by atoms with Gasteiger partial charge in [-0.3, -0.25) is 13.9 Å². The summed E-state index contributed by atoms with van der Waals surface area (Å²) < 4.78 is 3.51. The largest absolute Gasteiger partial charge is 0.366 e. The summed E-state index contributed by atoms with van der Waals surface area (Å²) in [6, 6.07) is 14.8. The van der Waals surface area contributed by atoms with Crippen LogP contribution in [0, 0.1) is 0 Å². The third-order valence-electron chi connectivity index (χ3n) is 3.82. The monoisotopic (exact) mass is 295 g/mol. The first-order valence-corrected chi connectivity index (χ1v) is 7.18. The molecule has 2 aromatic carbocycles. The number of aryl methyl sites for hydroxylation is 1. The number of nitrogens with two attached hydrogens (primary N) is 1. The molecule has 0 radical (unpaired) electrons. The summed E-state index contributed by atoms with van der Waals surface area (Å²) >= 11 is 0. The average Bonchev–Trinajstić information content (AvgIpc) is 2.80. The van der Waals surface area contributed by atoms with Crippen LogP contribution in [-0.4, -0.2) is 15.0 Å². The number of benzene rings is 2. The van der Waals surface area contributed by atoms with Gasteiger partial charge in [-0.2, -0.15) is 0 Å². The molecule has 1 heterocycles. The van der Waals surface area contributed by atoms with Crippen LogP contribution < -0.4 is 11.4 Å². The van der Waals surface area contributed by atoms with Crippen molar-refractivity contribution in [3.05, 3.63) is 70.1 Å². The van der Waals surface area contributed by atoms with Gasteiger partial charge in [0.25, 0.3) is 0 Å². The molecular formula is C17H17N3O2. The summed E-state index contributed by atoms with van der Waals surface area (Å²) in [5.74, 6) is -0.452. The number of aromatic nitrogens is 2. The number of hydrogen-bond donors (Lipinski definition) is 1. The minimum Gasteiger partial charge on any atom is -0.366 e. The molecule has 0 aliphatic rings. The molecule has 112 valence electrons. The van der Waals surface area contributed by atoms with Crippen LogP contribution in [0.3, 0.4) is 0 Å². The lowest BCUT2D eigenvalue weighted by Gasteiger charge is -2.04. The van der Waals surface area contributed by atoms with Crippen LogP contribution in [0.15, 0.2) is 53.3 Å². The van der Waals surface area contributed by atoms with Crippen LogP contribution in [0.25, 0.3) is 11.0 Å². The maximum Gasteiger partial charge on any atom is 0.329 e. The third-order valence-corrected chi connectivity index (χ3v) is 3.82. The number of imidazole rings is 1. The molecule has 0 fully saturated rings. The Bertz CT molecular complexity index is 888. The van der Waals surface area contributed by atoms with Gasteiger partial charge in [0.15, 0.2) is 0 Å². The van der Waals surface area contributed by atoms with Gasteiger partial charge in [0.05, 0.1) is 17.6 Å². The number of nitrogens with zero attached hydrogens (tertiary/aromatic N) is 2. The van der Waals surface area contributed by atoms with Crippen molar-refractivity contribution in [3.8, 4) is 0 Å². The predicted octanol–water partition coefficient (Wildman–Crippen LogP) is 1.97. The molecule has 0 bridgehead atoms. The van der Waals surface area contributed by atoms with Crippen LogP contribution in [0.4, 0.5) is 0 Å². The van der Waals surface area contributed by atoms with Crippen molar-refractivity contribution in [2.45, 2.75) is 20.0 Å². The molecule has 0 aliphatic heterocycles. The molecule has 3 aromatic rings. The second-order valence-electron chi connectivity index (χ2n) is 5.16. The van der Waals surface area contributed by atoms with E-state index in [4.69, 9.17) is 5.73 Å². The Balaban J connectivity index is 2.05. The van der Waals surface area contributed by atoms with Crippen LogP contribution in [-0.2, 0) is 13.1 Å². The highest BCUT2D eigenvalue weighted by molar-refractivity contribution is 5.92. The number of hydrogen-bond acceptors (Lipinski definition) is 2. The highest BCUT2D eigenvalue weighted by Gasteiger charge is 2.11. The van der Waals surface area contributed by atoms with Crippen LogP contribution in [0.1, 0.15) is 22.8 Å². The smallest absolute Gasteiger partial charge is 0.329 e. The van der Waals surface area contributed by atoms with Gasteiger partial charge in [0.2, 0.25) is 5.91 Å². The molecule has 0 saturated heterocycles. The number of carbonyl (C=O) groups excluding carboxylic acids is 1. The molecule has 5 heteroatoms. The van der Waals surface area contributed by atoms with Gasteiger partial charge in [0.1, 0.15) is 0 Å². The standard InChI is InChI=1S/C17H17N3O2/c1-2-19-14-5-3-4-6-15(14)20(17(19)22)11-12-7-9-13(10-8-12)16(18)21/h3-10H,2,11H2,1H3,(H2,18,21). The lowest BCUT2D eigenvalue weighted by atomic mass is 10.1. The minimum atomic E-state index is -0.452. The summed E-state index contributed by atoms with van der Waals surface area (Å²) in [5, 5.41) is 0. The molecule has 0 atom stereocenters. The molecule has 0 spiro atoms. The van der Waals surface area contributed by atoms with E-state index in [0.717, 1.165) is 16.6 Å². The van der Waals surface area contributed by atoms with E-state index in [-0.39, 0.29) is 5.69 Å². The molecule has 1 aromatic heterocycles. The fraction of sp³-hybridized carbons (Fsp3) is 0.176. The summed E-state index contributed by atoms with van der Waals surface area (Å²) in [6.07, 6.45) is 0. The van der Waals surface area contributed by atoms with Gasteiger partial charge in [-0.25, -0.2) is 4.79 Å². The Morgan fingerprint density at radius 2 is 1.59 bits per heavy atom. The minimum absolute atomic E-state index is 0.0253. The zero-order valence-corrected chi connectivity index (χ0v) is 12.3. The van der Waals surface area contributed by atoms with E-state index in [2.05, 4.69) is 0 Å². The Morgan fingerprint density at radius 1 is 1.00 bits per heavy atom. The Kier molecular flexibility index (Phi) is 3.55. The van der Waals surface area contributed by atoms with Crippen molar-refractivity contribution in [1.29, 1.82) is 0 Å². The SMILES string of the molecule is CCn1c(=O)n(Cc2ccc(C(N)=O)cc2)c2ccccc21. The fourth-order valence-corrected chi connectivity index (χ4v) is 2.69. The van der Waals surface area contributed by atoms with Crippen molar-refractivity contribution >= 4 is 16.9 Å². The van der Waals surface area contributed by atoms with Crippen molar-refractivity contribution in [2.24, 2.45) is 5.73 Å². The number of rotatable bonds is 4. The number of para-hydroxylation sites is 2. The van der Waals surface area contributed by atoms with E-state index in [9.17, 15) is 9.59 Å². The second kappa shape index (κ2) is 5.52. The van der Waals surface area contributed by atoms with Crippen LogP contribution in [0.2, 0.25) is 0 Å². The fourth-order valence-electron chi connectivity index (χ4n) is 2.69. The third kappa shape index (κ3) is 2.30. The maximum atomic E-state index is 12.6. The van der Waals surface area contributed by atoms with E-state index in [1.54, 1.807) is 21.3 Å². The summed E-state index contributed by atoms with van der Waals surface area (Å²) in [6.45, 7) is 3.05. The normalized spacial score (nSPS) is 11.0. The van der Waals surface area contributed by atoms with Crippen molar-refractivity contribution in [2.75, 3.05) is 0 Å². The Labute approximate surface area is 127 Å². The van der Waals surface area contributed by atoms with Gasteiger partial charge in [-0.1, -0.05) is 24.3 Å². The number of fused-ring (bicyclic) bond motifs is 1. The van der Waals surface area contributed by atoms with Gasteiger partial charge in [-0.15, -0.1) is 0 Å². The van der Waals surface area contributed by atoms with Crippen LogP contribution >= 0.6 is 0 Å². The molecule has 0 unspecified atom stereocenters. The zero-order valence-electron chi connectivity index (χ0n) is 12.3. The van der Waals surface area contributed by atoms with Gasteiger partial charge in [0, 0.05) is 12.1 Å². The van der Waals surface area contributed by atoms with Gasteiger partial charge < -0.3 is 5.73 Å². The quantitative estimate of drug-likeness (QED) is 0.799. The second-order valence-corrected chi connectivity index (χ2v) is 5.16. The first-order chi connectivity index (χ1) is 10.6. The van der Waals surface area contributed by atoms with E-state index in [1.807, 2.05) is 43.3 Å². The summed E-state index contributed by atoms with van der Waals surface area (Å²) in [7, 11) is 0. The lowest BCUT2D eigenvalue weighted by molar-refractivity contribution is 0.100. The summed E-state index contributed by atoms with van der Waals surface area (Å²) in [4.78, 5) is 23.7. The van der Waals surface area contributed by atoms with E-state index < -0.39 is 5.91 Å². The topological polar surface area (TPSA) is 70.0 Å². The Morgan fingerprint density at radius 3 is 2.14 bits per heavy atom.